The Bertz CT molecular complexity index is 416. The van der Waals surface area contributed by atoms with Crippen LogP contribution in [0.2, 0.25) is 0 Å². The minimum absolute atomic E-state index is 0.129. The smallest absolute Gasteiger partial charge is 0.245 e. The molecular formula is C12H16FN3O. The number of nitrogens with zero attached hydrogens (tertiary/aromatic N) is 1. The van der Waals surface area contributed by atoms with E-state index in [4.69, 9.17) is 0 Å². The number of amides is 1. The number of hydrogen-bond acceptors (Lipinski definition) is 3. The zero-order valence-corrected chi connectivity index (χ0v) is 9.79. The van der Waals surface area contributed by atoms with E-state index in [2.05, 4.69) is 15.6 Å². The molecule has 17 heavy (non-hydrogen) atoms. The largest absolute Gasteiger partial charge is 0.309 e. The molecule has 0 radical (unpaired) electrons. The monoisotopic (exact) mass is 237 g/mol. The standard InChI is InChI=1S/C12H16FN3O/c1-2-12(7-4-8-14-12)11(17)16-10-6-3-5-9(13)15-10/h3,5-6,14H,2,4,7-8H2,1H3,(H,15,16,17). The van der Waals surface area contributed by atoms with Crippen molar-refractivity contribution in [3.8, 4) is 0 Å². The average molecular weight is 237 g/mol. The van der Waals surface area contributed by atoms with E-state index in [9.17, 15) is 9.18 Å². The van der Waals surface area contributed by atoms with Crippen molar-refractivity contribution in [2.24, 2.45) is 0 Å². The van der Waals surface area contributed by atoms with E-state index in [1.807, 2.05) is 6.92 Å². The first-order valence-electron chi connectivity index (χ1n) is 5.85. The van der Waals surface area contributed by atoms with E-state index in [1.165, 1.54) is 12.1 Å². The molecular weight excluding hydrogens is 221 g/mol. The average Bonchev–Trinajstić information content (AvgIpc) is 2.78. The Labute approximate surface area is 99.6 Å². The van der Waals surface area contributed by atoms with Crippen LogP contribution in [-0.4, -0.2) is 23.0 Å². The van der Waals surface area contributed by atoms with Crippen LogP contribution >= 0.6 is 0 Å². The number of hydrogen-bond donors (Lipinski definition) is 2. The second-order valence-electron chi connectivity index (χ2n) is 4.27. The Morgan fingerprint density at radius 3 is 3.06 bits per heavy atom. The molecule has 4 nitrogen and oxygen atoms in total. The van der Waals surface area contributed by atoms with Crippen LogP contribution in [0.5, 0.6) is 0 Å². The molecule has 92 valence electrons. The van der Waals surface area contributed by atoms with E-state index < -0.39 is 11.5 Å². The summed E-state index contributed by atoms with van der Waals surface area (Å²) < 4.78 is 12.9. The van der Waals surface area contributed by atoms with Gasteiger partial charge in [0.25, 0.3) is 0 Å². The van der Waals surface area contributed by atoms with Gasteiger partial charge in [0.05, 0.1) is 5.54 Å². The maximum atomic E-state index is 12.9. The van der Waals surface area contributed by atoms with Crippen molar-refractivity contribution in [2.75, 3.05) is 11.9 Å². The van der Waals surface area contributed by atoms with Crippen LogP contribution in [0, 0.1) is 5.95 Å². The number of pyridine rings is 1. The van der Waals surface area contributed by atoms with Crippen LogP contribution < -0.4 is 10.6 Å². The summed E-state index contributed by atoms with van der Waals surface area (Å²) in [6.45, 7) is 2.81. The molecule has 1 amide bonds. The van der Waals surface area contributed by atoms with E-state index in [1.54, 1.807) is 6.07 Å². The quantitative estimate of drug-likeness (QED) is 0.787. The maximum Gasteiger partial charge on any atom is 0.245 e. The molecule has 1 aliphatic rings. The minimum Gasteiger partial charge on any atom is -0.309 e. The van der Waals surface area contributed by atoms with Gasteiger partial charge < -0.3 is 10.6 Å². The second kappa shape index (κ2) is 4.79. The molecule has 0 aliphatic carbocycles. The van der Waals surface area contributed by atoms with Gasteiger partial charge in [-0.25, -0.2) is 4.98 Å². The summed E-state index contributed by atoms with van der Waals surface area (Å²) in [7, 11) is 0. The van der Waals surface area contributed by atoms with Gasteiger partial charge in [-0.1, -0.05) is 13.0 Å². The van der Waals surface area contributed by atoms with Gasteiger partial charge in [-0.15, -0.1) is 0 Å². The zero-order valence-electron chi connectivity index (χ0n) is 9.79. The molecule has 0 bridgehead atoms. The van der Waals surface area contributed by atoms with Gasteiger partial charge in [0, 0.05) is 0 Å². The predicted octanol–water partition coefficient (Wildman–Crippen LogP) is 1.69. The van der Waals surface area contributed by atoms with E-state index in [0.29, 0.717) is 6.42 Å². The summed E-state index contributed by atoms with van der Waals surface area (Å²) in [6, 6.07) is 4.36. The number of rotatable bonds is 3. The van der Waals surface area contributed by atoms with Crippen molar-refractivity contribution in [1.29, 1.82) is 0 Å². The highest BCUT2D eigenvalue weighted by molar-refractivity contribution is 5.97. The first-order valence-corrected chi connectivity index (χ1v) is 5.85. The molecule has 1 aliphatic heterocycles. The van der Waals surface area contributed by atoms with Crippen LogP contribution in [0.3, 0.4) is 0 Å². The molecule has 2 rings (SSSR count). The fourth-order valence-electron chi connectivity index (χ4n) is 2.18. The summed E-state index contributed by atoms with van der Waals surface area (Å²) in [5, 5.41) is 5.88. The molecule has 1 aromatic rings. The number of carbonyl (C=O) groups excluding carboxylic acids is 1. The van der Waals surface area contributed by atoms with Gasteiger partial charge in [0.15, 0.2) is 0 Å². The van der Waals surface area contributed by atoms with Crippen molar-refractivity contribution in [1.82, 2.24) is 10.3 Å². The minimum atomic E-state index is -0.590. The van der Waals surface area contributed by atoms with Gasteiger partial charge >= 0.3 is 0 Å². The molecule has 0 saturated carbocycles. The lowest BCUT2D eigenvalue weighted by atomic mass is 9.93. The topological polar surface area (TPSA) is 54.0 Å². The molecule has 1 atom stereocenters. The summed E-state index contributed by atoms with van der Waals surface area (Å²) >= 11 is 0. The van der Waals surface area contributed by atoms with E-state index >= 15 is 0 Å². The second-order valence-corrected chi connectivity index (χ2v) is 4.27. The highest BCUT2D eigenvalue weighted by Gasteiger charge is 2.39. The van der Waals surface area contributed by atoms with Gasteiger partial charge in [-0.2, -0.15) is 4.39 Å². The normalized spacial score (nSPS) is 23.6. The lowest BCUT2D eigenvalue weighted by Gasteiger charge is -2.26. The highest BCUT2D eigenvalue weighted by atomic mass is 19.1. The summed E-state index contributed by atoms with van der Waals surface area (Å²) in [4.78, 5) is 15.8. The van der Waals surface area contributed by atoms with Gasteiger partial charge in [-0.3, -0.25) is 4.79 Å². The number of carbonyl (C=O) groups is 1. The van der Waals surface area contributed by atoms with Crippen molar-refractivity contribution < 1.29 is 9.18 Å². The first kappa shape index (κ1) is 12.0. The predicted molar refractivity (Wildman–Crippen MR) is 63.1 cm³/mol. The number of halogens is 1. The summed E-state index contributed by atoms with van der Waals surface area (Å²) in [6.07, 6.45) is 2.51. The third kappa shape index (κ3) is 2.44. The lowest BCUT2D eigenvalue weighted by molar-refractivity contribution is -0.122. The van der Waals surface area contributed by atoms with Crippen molar-refractivity contribution in [2.45, 2.75) is 31.7 Å². The molecule has 0 aromatic carbocycles. The Kier molecular flexibility index (Phi) is 3.38. The Hall–Kier alpha value is -1.49. The SMILES string of the molecule is CCC1(C(=O)Nc2cccc(F)n2)CCCN1. The number of aromatic nitrogens is 1. The van der Waals surface area contributed by atoms with Gasteiger partial charge in [-0.05, 0) is 37.9 Å². The third-order valence-electron chi connectivity index (χ3n) is 3.24. The molecule has 1 aromatic heterocycles. The van der Waals surface area contributed by atoms with Crippen LogP contribution in [-0.2, 0) is 4.79 Å². The molecule has 5 heteroatoms. The van der Waals surface area contributed by atoms with Crippen LogP contribution in [0.15, 0.2) is 18.2 Å². The number of anilines is 1. The lowest BCUT2D eigenvalue weighted by Crippen LogP contribution is -2.50. The highest BCUT2D eigenvalue weighted by Crippen LogP contribution is 2.24. The van der Waals surface area contributed by atoms with Gasteiger partial charge in [0.2, 0.25) is 11.9 Å². The molecule has 2 N–H and O–H groups in total. The van der Waals surface area contributed by atoms with Crippen LogP contribution in [0.4, 0.5) is 10.2 Å². The molecule has 2 heterocycles. The van der Waals surface area contributed by atoms with Crippen molar-refractivity contribution in [3.05, 3.63) is 24.1 Å². The van der Waals surface area contributed by atoms with Crippen molar-refractivity contribution in [3.63, 3.8) is 0 Å². The van der Waals surface area contributed by atoms with E-state index in [-0.39, 0.29) is 11.7 Å². The van der Waals surface area contributed by atoms with Crippen LogP contribution in [0.25, 0.3) is 0 Å². The third-order valence-corrected chi connectivity index (χ3v) is 3.24. The maximum absolute atomic E-state index is 12.9. The fraction of sp³-hybridized carbons (Fsp3) is 0.500. The molecule has 1 unspecified atom stereocenters. The van der Waals surface area contributed by atoms with Crippen LogP contribution in [0.1, 0.15) is 26.2 Å². The zero-order chi connectivity index (χ0) is 12.3. The van der Waals surface area contributed by atoms with E-state index in [0.717, 1.165) is 19.4 Å². The fourth-order valence-corrected chi connectivity index (χ4v) is 2.18. The van der Waals surface area contributed by atoms with Crippen molar-refractivity contribution >= 4 is 11.7 Å². The molecule has 1 saturated heterocycles. The van der Waals surface area contributed by atoms with Gasteiger partial charge in [0.1, 0.15) is 5.82 Å². The molecule has 1 fully saturated rings. The summed E-state index contributed by atoms with van der Waals surface area (Å²) in [5.74, 6) is -0.458. The number of nitrogens with one attached hydrogen (secondary N) is 2. The molecule has 0 spiro atoms. The Balaban J connectivity index is 2.10. The Morgan fingerprint density at radius 1 is 1.65 bits per heavy atom. The first-order chi connectivity index (χ1) is 8.16. The Morgan fingerprint density at radius 2 is 2.47 bits per heavy atom. The summed E-state index contributed by atoms with van der Waals surface area (Å²) in [5.41, 5.74) is -0.520.